The topological polar surface area (TPSA) is 32.3 Å². The van der Waals surface area contributed by atoms with Crippen LogP contribution >= 0.6 is 43.2 Å². The lowest BCUT2D eigenvalue weighted by Crippen LogP contribution is -2.40. The van der Waals surface area contributed by atoms with Crippen LogP contribution in [0, 0.1) is 5.41 Å². The largest absolute Gasteiger partial charge is 0.396 e. The molecule has 0 amide bonds. The Morgan fingerprint density at radius 2 is 2.06 bits per heavy atom. The number of aliphatic hydroxyl groups excluding tert-OH is 1. The first-order chi connectivity index (χ1) is 7.84. The molecule has 1 atom stereocenters. The average Bonchev–Trinajstić information content (AvgIpc) is 2.51. The number of halogens is 2. The van der Waals surface area contributed by atoms with E-state index in [0.29, 0.717) is 6.04 Å². The van der Waals surface area contributed by atoms with Crippen molar-refractivity contribution in [3.8, 4) is 0 Å². The zero-order valence-electron chi connectivity index (χ0n) is 10.4. The summed E-state index contributed by atoms with van der Waals surface area (Å²) in [6, 6.07) is 2.45. The highest BCUT2D eigenvalue weighted by Gasteiger charge is 2.23. The fourth-order valence-corrected chi connectivity index (χ4v) is 3.80. The molecule has 0 bridgehead atoms. The second kappa shape index (κ2) is 6.66. The molecule has 0 aliphatic carbocycles. The Balaban J connectivity index is 2.57. The highest BCUT2D eigenvalue weighted by atomic mass is 79.9. The molecule has 0 aliphatic heterocycles. The van der Waals surface area contributed by atoms with Crippen LogP contribution in [-0.4, -0.2) is 17.8 Å². The molecule has 0 saturated heterocycles. The lowest BCUT2D eigenvalue weighted by atomic mass is 9.85. The molecular formula is C12H19Br2NOS. The molecule has 98 valence electrons. The summed E-state index contributed by atoms with van der Waals surface area (Å²) in [6.07, 6.45) is 0.789. The standard InChI is InChI=1S/C12H19Br2NOS/c1-12(2,3)10(4-5-16)15-7-8-6-9(13)11(14)17-8/h6,10,15-16H,4-5,7H2,1-3H3. The summed E-state index contributed by atoms with van der Waals surface area (Å²) >= 11 is 8.72. The van der Waals surface area contributed by atoms with Crippen molar-refractivity contribution in [2.75, 3.05) is 6.61 Å². The van der Waals surface area contributed by atoms with Crippen molar-refractivity contribution < 1.29 is 5.11 Å². The van der Waals surface area contributed by atoms with E-state index in [4.69, 9.17) is 5.11 Å². The van der Waals surface area contributed by atoms with E-state index in [1.165, 1.54) is 4.88 Å². The summed E-state index contributed by atoms with van der Waals surface area (Å²) in [4.78, 5) is 1.29. The number of aliphatic hydroxyl groups is 1. The summed E-state index contributed by atoms with van der Waals surface area (Å²) in [7, 11) is 0. The predicted octanol–water partition coefficient (Wildman–Crippen LogP) is 4.16. The van der Waals surface area contributed by atoms with Gasteiger partial charge in [0.2, 0.25) is 0 Å². The highest BCUT2D eigenvalue weighted by Crippen LogP contribution is 2.32. The van der Waals surface area contributed by atoms with Gasteiger partial charge in [-0.3, -0.25) is 0 Å². The molecule has 0 radical (unpaired) electrons. The maximum absolute atomic E-state index is 9.09. The average molecular weight is 385 g/mol. The predicted molar refractivity (Wildman–Crippen MR) is 81.5 cm³/mol. The molecule has 0 aromatic carbocycles. The zero-order valence-corrected chi connectivity index (χ0v) is 14.4. The van der Waals surface area contributed by atoms with Gasteiger partial charge in [-0.25, -0.2) is 0 Å². The number of thiophene rings is 1. The van der Waals surface area contributed by atoms with Gasteiger partial charge < -0.3 is 10.4 Å². The van der Waals surface area contributed by atoms with Crippen molar-refractivity contribution in [1.29, 1.82) is 0 Å². The normalized spacial score (nSPS) is 14.0. The molecule has 1 aromatic rings. The van der Waals surface area contributed by atoms with E-state index in [1.54, 1.807) is 11.3 Å². The Kier molecular flexibility index (Phi) is 6.13. The molecule has 0 spiro atoms. The van der Waals surface area contributed by atoms with Gasteiger partial charge in [-0.05, 0) is 49.8 Å². The zero-order chi connectivity index (χ0) is 13.1. The second-order valence-corrected chi connectivity index (χ2v) is 8.46. The maximum atomic E-state index is 9.09. The van der Waals surface area contributed by atoms with Crippen molar-refractivity contribution >= 4 is 43.2 Å². The molecule has 0 saturated carbocycles. The van der Waals surface area contributed by atoms with Crippen LogP contribution in [0.2, 0.25) is 0 Å². The summed E-state index contributed by atoms with van der Waals surface area (Å²) in [6.45, 7) is 7.66. The van der Waals surface area contributed by atoms with Crippen LogP contribution in [0.5, 0.6) is 0 Å². The van der Waals surface area contributed by atoms with Gasteiger partial charge in [0.1, 0.15) is 0 Å². The molecule has 1 rings (SSSR count). The number of rotatable bonds is 5. The molecule has 17 heavy (non-hydrogen) atoms. The van der Waals surface area contributed by atoms with Gasteiger partial charge in [0.15, 0.2) is 0 Å². The first kappa shape index (κ1) is 15.6. The molecule has 2 nitrogen and oxygen atoms in total. The van der Waals surface area contributed by atoms with Gasteiger partial charge >= 0.3 is 0 Å². The van der Waals surface area contributed by atoms with E-state index in [1.807, 2.05) is 0 Å². The third-order valence-corrected chi connectivity index (χ3v) is 5.94. The van der Waals surface area contributed by atoms with Gasteiger partial charge in [0.25, 0.3) is 0 Å². The SMILES string of the molecule is CC(C)(C)C(CCO)NCc1cc(Br)c(Br)s1. The fourth-order valence-electron chi connectivity index (χ4n) is 1.67. The molecule has 5 heteroatoms. The molecule has 1 unspecified atom stereocenters. The quantitative estimate of drug-likeness (QED) is 0.798. The van der Waals surface area contributed by atoms with Crippen LogP contribution in [0.1, 0.15) is 32.1 Å². The van der Waals surface area contributed by atoms with Crippen LogP contribution in [0.25, 0.3) is 0 Å². The van der Waals surface area contributed by atoms with Crippen LogP contribution in [0.4, 0.5) is 0 Å². The third-order valence-electron chi connectivity index (χ3n) is 2.68. The minimum atomic E-state index is 0.161. The van der Waals surface area contributed by atoms with Gasteiger partial charge in [0.05, 0.1) is 3.79 Å². The fraction of sp³-hybridized carbons (Fsp3) is 0.667. The minimum Gasteiger partial charge on any atom is -0.396 e. The first-order valence-corrected chi connectivity index (χ1v) is 8.02. The Morgan fingerprint density at radius 3 is 2.47 bits per heavy atom. The van der Waals surface area contributed by atoms with E-state index < -0.39 is 0 Å². The van der Waals surface area contributed by atoms with Crippen LogP contribution in [-0.2, 0) is 6.54 Å². The monoisotopic (exact) mass is 383 g/mol. The van der Waals surface area contributed by atoms with Crippen LogP contribution < -0.4 is 5.32 Å². The Morgan fingerprint density at radius 1 is 1.41 bits per heavy atom. The van der Waals surface area contributed by atoms with Crippen LogP contribution in [0.15, 0.2) is 14.3 Å². The van der Waals surface area contributed by atoms with Crippen molar-refractivity contribution in [3.05, 3.63) is 19.2 Å². The first-order valence-electron chi connectivity index (χ1n) is 5.62. The van der Waals surface area contributed by atoms with E-state index in [0.717, 1.165) is 21.2 Å². The summed E-state index contributed by atoms with van der Waals surface area (Å²) < 4.78 is 2.23. The van der Waals surface area contributed by atoms with Gasteiger partial charge in [-0.2, -0.15) is 0 Å². The van der Waals surface area contributed by atoms with E-state index >= 15 is 0 Å². The third kappa shape index (κ3) is 4.99. The van der Waals surface area contributed by atoms with Crippen LogP contribution in [0.3, 0.4) is 0 Å². The number of nitrogens with one attached hydrogen (secondary N) is 1. The maximum Gasteiger partial charge on any atom is 0.0843 e. The van der Waals surface area contributed by atoms with Crippen molar-refractivity contribution in [3.63, 3.8) is 0 Å². The van der Waals surface area contributed by atoms with E-state index in [-0.39, 0.29) is 12.0 Å². The highest BCUT2D eigenvalue weighted by molar-refractivity contribution is 9.13. The van der Waals surface area contributed by atoms with Crippen molar-refractivity contribution in [2.45, 2.75) is 39.8 Å². The van der Waals surface area contributed by atoms with Crippen molar-refractivity contribution in [2.24, 2.45) is 5.41 Å². The Labute approximate surface area is 124 Å². The second-order valence-electron chi connectivity index (χ2n) is 5.15. The van der Waals surface area contributed by atoms with E-state index in [9.17, 15) is 0 Å². The smallest absolute Gasteiger partial charge is 0.0843 e. The Bertz CT molecular complexity index is 340. The molecule has 2 N–H and O–H groups in total. The summed E-state index contributed by atoms with van der Waals surface area (Å²) in [5.74, 6) is 0. The minimum absolute atomic E-state index is 0.161. The Hall–Kier alpha value is 0.580. The van der Waals surface area contributed by atoms with E-state index in [2.05, 4.69) is 64.0 Å². The lowest BCUT2D eigenvalue weighted by molar-refractivity contribution is 0.197. The summed E-state index contributed by atoms with van der Waals surface area (Å²) in [5, 5.41) is 12.6. The van der Waals surface area contributed by atoms with Gasteiger partial charge in [0, 0.05) is 28.5 Å². The van der Waals surface area contributed by atoms with Gasteiger partial charge in [-0.1, -0.05) is 20.8 Å². The van der Waals surface area contributed by atoms with Crippen molar-refractivity contribution in [1.82, 2.24) is 5.32 Å². The molecule has 1 heterocycles. The molecule has 1 aromatic heterocycles. The summed E-state index contributed by atoms with van der Waals surface area (Å²) in [5.41, 5.74) is 0.161. The molecule has 0 fully saturated rings. The number of hydrogen-bond acceptors (Lipinski definition) is 3. The number of hydrogen-bond donors (Lipinski definition) is 2. The molecule has 0 aliphatic rings. The molecular weight excluding hydrogens is 366 g/mol. The lowest BCUT2D eigenvalue weighted by Gasteiger charge is -2.31. The van der Waals surface area contributed by atoms with Gasteiger partial charge in [-0.15, -0.1) is 11.3 Å².